The van der Waals surface area contributed by atoms with E-state index in [1.54, 1.807) is 29.2 Å². The van der Waals surface area contributed by atoms with Crippen molar-refractivity contribution in [3.63, 3.8) is 0 Å². The number of carbonyl (C=O) groups is 1. The molecule has 32 heavy (non-hydrogen) atoms. The lowest BCUT2D eigenvalue weighted by Gasteiger charge is -2.21. The number of rotatable bonds is 6. The van der Waals surface area contributed by atoms with Crippen LogP contribution in [0.4, 0.5) is 0 Å². The van der Waals surface area contributed by atoms with Gasteiger partial charge in [0.15, 0.2) is 5.76 Å². The summed E-state index contributed by atoms with van der Waals surface area (Å²) < 4.78 is 39.1. The molecular formula is C24H28N2O5S. The summed E-state index contributed by atoms with van der Waals surface area (Å²) >= 11 is 0. The van der Waals surface area contributed by atoms with Gasteiger partial charge in [-0.15, -0.1) is 0 Å². The Labute approximate surface area is 188 Å². The van der Waals surface area contributed by atoms with Crippen LogP contribution < -0.4 is 0 Å². The Bertz CT molecular complexity index is 1200. The van der Waals surface area contributed by atoms with Gasteiger partial charge in [0.1, 0.15) is 5.58 Å². The van der Waals surface area contributed by atoms with Crippen LogP contribution in [0.5, 0.6) is 0 Å². The van der Waals surface area contributed by atoms with Gasteiger partial charge in [-0.05, 0) is 38.5 Å². The summed E-state index contributed by atoms with van der Waals surface area (Å²) in [6, 6.07) is 14.4. The van der Waals surface area contributed by atoms with Crippen LogP contribution in [0.3, 0.4) is 0 Å². The van der Waals surface area contributed by atoms with Gasteiger partial charge in [-0.3, -0.25) is 4.79 Å². The molecule has 0 atom stereocenters. The van der Waals surface area contributed by atoms with Gasteiger partial charge in [-0.25, -0.2) is 8.42 Å². The molecule has 0 radical (unpaired) electrons. The van der Waals surface area contributed by atoms with E-state index in [0.29, 0.717) is 38.2 Å². The molecule has 7 nitrogen and oxygen atoms in total. The number of fused-ring (bicyclic) bond motifs is 1. The zero-order chi connectivity index (χ0) is 22.7. The summed E-state index contributed by atoms with van der Waals surface area (Å²) in [6.07, 6.45) is 0.553. The maximum Gasteiger partial charge on any atom is 0.290 e. The van der Waals surface area contributed by atoms with E-state index in [1.165, 1.54) is 4.31 Å². The fourth-order valence-electron chi connectivity index (χ4n) is 3.96. The summed E-state index contributed by atoms with van der Waals surface area (Å²) in [6.45, 7) is 6.01. The Hall–Kier alpha value is -2.68. The second kappa shape index (κ2) is 9.44. The standard InChI is InChI=1S/C24H28N2O5S/c1-3-30-17-21-20-7-4-5-8-22(20)31-23(21)24(27)25-13-6-14-26(16-15-25)32(28,29)19-11-9-18(2)10-12-19/h4-5,7-12H,3,6,13-17H2,1-2H3. The highest BCUT2D eigenvalue weighted by Gasteiger charge is 2.31. The lowest BCUT2D eigenvalue weighted by molar-refractivity contribution is 0.0724. The number of sulfonamides is 1. The smallest absolute Gasteiger partial charge is 0.290 e. The van der Waals surface area contributed by atoms with Crippen molar-refractivity contribution < 1.29 is 22.4 Å². The van der Waals surface area contributed by atoms with Crippen molar-refractivity contribution in [1.29, 1.82) is 0 Å². The zero-order valence-electron chi connectivity index (χ0n) is 18.4. The van der Waals surface area contributed by atoms with Gasteiger partial charge in [-0.1, -0.05) is 35.9 Å². The first kappa shape index (κ1) is 22.5. The van der Waals surface area contributed by atoms with E-state index in [2.05, 4.69) is 0 Å². The molecule has 1 aliphatic heterocycles. The summed E-state index contributed by atoms with van der Waals surface area (Å²) in [5.74, 6) is 0.0416. The molecule has 1 amide bonds. The van der Waals surface area contributed by atoms with Crippen LogP contribution in [0, 0.1) is 6.92 Å². The van der Waals surface area contributed by atoms with Crippen molar-refractivity contribution in [3.05, 3.63) is 65.4 Å². The monoisotopic (exact) mass is 456 g/mol. The van der Waals surface area contributed by atoms with Crippen LogP contribution in [0.1, 0.15) is 35.0 Å². The molecule has 1 fully saturated rings. The number of furan rings is 1. The third kappa shape index (κ3) is 4.44. The van der Waals surface area contributed by atoms with Gasteiger partial charge >= 0.3 is 0 Å². The van der Waals surface area contributed by atoms with Gasteiger partial charge in [0, 0.05) is 43.7 Å². The fourth-order valence-corrected chi connectivity index (χ4v) is 5.43. The topological polar surface area (TPSA) is 80.1 Å². The quantitative estimate of drug-likeness (QED) is 0.563. The number of carbonyl (C=O) groups excluding carboxylic acids is 1. The van der Waals surface area contributed by atoms with E-state index < -0.39 is 10.0 Å². The number of amides is 1. The molecule has 0 unspecified atom stereocenters. The van der Waals surface area contributed by atoms with Crippen LogP contribution in [0.15, 0.2) is 57.8 Å². The van der Waals surface area contributed by atoms with E-state index in [9.17, 15) is 13.2 Å². The first-order valence-electron chi connectivity index (χ1n) is 10.9. The van der Waals surface area contributed by atoms with E-state index >= 15 is 0 Å². The average Bonchev–Trinajstić information content (AvgIpc) is 2.97. The van der Waals surface area contributed by atoms with Crippen LogP contribution in [-0.4, -0.2) is 56.3 Å². The number of nitrogens with zero attached hydrogens (tertiary/aromatic N) is 2. The predicted molar refractivity (Wildman–Crippen MR) is 122 cm³/mol. The number of hydrogen-bond acceptors (Lipinski definition) is 5. The summed E-state index contributed by atoms with van der Waals surface area (Å²) in [7, 11) is -3.60. The molecular weight excluding hydrogens is 428 g/mol. The fraction of sp³-hybridized carbons (Fsp3) is 0.375. The van der Waals surface area contributed by atoms with Gasteiger partial charge in [0.25, 0.3) is 5.91 Å². The van der Waals surface area contributed by atoms with Crippen molar-refractivity contribution in [2.24, 2.45) is 0 Å². The third-order valence-electron chi connectivity index (χ3n) is 5.74. The first-order valence-corrected chi connectivity index (χ1v) is 12.3. The molecule has 4 rings (SSSR count). The minimum atomic E-state index is -3.60. The largest absolute Gasteiger partial charge is 0.451 e. The SMILES string of the molecule is CCOCc1c(C(=O)N2CCCN(S(=O)(=O)c3ccc(C)cc3)CC2)oc2ccccc12. The van der Waals surface area contributed by atoms with Crippen LogP contribution in [-0.2, 0) is 21.4 Å². The molecule has 2 aromatic carbocycles. The molecule has 8 heteroatoms. The van der Waals surface area contributed by atoms with E-state index in [-0.39, 0.29) is 29.7 Å². The molecule has 1 aromatic heterocycles. The number of ether oxygens (including phenoxy) is 1. The Morgan fingerprint density at radius 1 is 1.03 bits per heavy atom. The minimum absolute atomic E-state index is 0.231. The lowest BCUT2D eigenvalue weighted by atomic mass is 10.1. The Morgan fingerprint density at radius 2 is 1.78 bits per heavy atom. The van der Waals surface area contributed by atoms with E-state index in [0.717, 1.165) is 16.5 Å². The van der Waals surface area contributed by atoms with Crippen molar-refractivity contribution in [3.8, 4) is 0 Å². The van der Waals surface area contributed by atoms with E-state index in [4.69, 9.17) is 9.15 Å². The minimum Gasteiger partial charge on any atom is -0.451 e. The summed E-state index contributed by atoms with van der Waals surface area (Å²) in [5, 5.41) is 0.864. The number of para-hydroxylation sites is 1. The molecule has 0 saturated carbocycles. The molecule has 0 N–H and O–H groups in total. The first-order chi connectivity index (χ1) is 15.4. The highest BCUT2D eigenvalue weighted by molar-refractivity contribution is 7.89. The number of hydrogen-bond donors (Lipinski definition) is 0. The molecule has 1 saturated heterocycles. The molecule has 170 valence electrons. The molecule has 0 bridgehead atoms. The van der Waals surface area contributed by atoms with E-state index in [1.807, 2.05) is 38.1 Å². The second-order valence-corrected chi connectivity index (χ2v) is 9.84. The maximum atomic E-state index is 13.4. The lowest BCUT2D eigenvalue weighted by Crippen LogP contribution is -2.37. The zero-order valence-corrected chi connectivity index (χ0v) is 19.2. The second-order valence-electron chi connectivity index (χ2n) is 7.91. The molecule has 2 heterocycles. The molecule has 1 aliphatic rings. The van der Waals surface area contributed by atoms with Crippen molar-refractivity contribution >= 4 is 26.9 Å². The molecule has 3 aromatic rings. The van der Waals surface area contributed by atoms with Crippen LogP contribution in [0.2, 0.25) is 0 Å². The Balaban J connectivity index is 1.55. The van der Waals surface area contributed by atoms with Crippen LogP contribution in [0.25, 0.3) is 11.0 Å². The van der Waals surface area contributed by atoms with Gasteiger partial charge < -0.3 is 14.1 Å². The van der Waals surface area contributed by atoms with Crippen molar-refractivity contribution in [1.82, 2.24) is 9.21 Å². The van der Waals surface area contributed by atoms with Gasteiger partial charge in [0.2, 0.25) is 10.0 Å². The normalized spacial score (nSPS) is 15.8. The van der Waals surface area contributed by atoms with Crippen LogP contribution >= 0.6 is 0 Å². The average molecular weight is 457 g/mol. The third-order valence-corrected chi connectivity index (χ3v) is 7.66. The highest BCUT2D eigenvalue weighted by atomic mass is 32.2. The molecule has 0 spiro atoms. The van der Waals surface area contributed by atoms with Crippen molar-refractivity contribution in [2.45, 2.75) is 31.8 Å². The summed E-state index contributed by atoms with van der Waals surface area (Å²) in [4.78, 5) is 15.3. The molecule has 0 aliphatic carbocycles. The number of benzene rings is 2. The van der Waals surface area contributed by atoms with Gasteiger partial charge in [0.05, 0.1) is 11.5 Å². The Kier molecular flexibility index (Phi) is 6.64. The number of aryl methyl sites for hydroxylation is 1. The van der Waals surface area contributed by atoms with Crippen molar-refractivity contribution in [2.75, 3.05) is 32.8 Å². The highest BCUT2D eigenvalue weighted by Crippen LogP contribution is 2.28. The Morgan fingerprint density at radius 3 is 2.53 bits per heavy atom. The van der Waals surface area contributed by atoms with Gasteiger partial charge in [-0.2, -0.15) is 4.31 Å². The summed E-state index contributed by atoms with van der Waals surface area (Å²) in [5.41, 5.74) is 2.38. The maximum absolute atomic E-state index is 13.4. The predicted octanol–water partition coefficient (Wildman–Crippen LogP) is 3.81.